The van der Waals surface area contributed by atoms with Gasteiger partial charge in [-0.05, 0) is 35.6 Å². The molecular weight excluding hydrogens is 251 g/mol. The van der Waals surface area contributed by atoms with E-state index in [-0.39, 0.29) is 5.41 Å². The normalized spacial score (nSPS) is 13.2. The highest BCUT2D eigenvalue weighted by atomic mass is 19.4. The van der Waals surface area contributed by atoms with Crippen LogP contribution in [-0.4, -0.2) is 4.57 Å². The van der Waals surface area contributed by atoms with Gasteiger partial charge in [-0.1, -0.05) is 20.8 Å². The number of aryl methyl sites for hydroxylation is 1. The number of aromatic nitrogens is 1. The second-order valence-electron chi connectivity index (χ2n) is 6.23. The average molecular weight is 269 g/mol. The van der Waals surface area contributed by atoms with Crippen LogP contribution >= 0.6 is 0 Å². The summed E-state index contributed by atoms with van der Waals surface area (Å²) in [6, 6.07) is 3.95. The van der Waals surface area contributed by atoms with Crippen LogP contribution in [0.5, 0.6) is 0 Å². The third-order valence-corrected chi connectivity index (χ3v) is 3.12. The van der Waals surface area contributed by atoms with Gasteiger partial charge in [-0.15, -0.1) is 0 Å². The molecule has 0 aliphatic rings. The molecule has 1 nitrogen and oxygen atoms in total. The Morgan fingerprint density at radius 2 is 1.74 bits per heavy atom. The van der Waals surface area contributed by atoms with Crippen LogP contribution in [0.4, 0.5) is 13.2 Å². The molecule has 0 atom stereocenters. The lowest BCUT2D eigenvalue weighted by Crippen LogP contribution is -2.09. The van der Waals surface area contributed by atoms with Gasteiger partial charge in [-0.3, -0.25) is 0 Å². The third-order valence-electron chi connectivity index (χ3n) is 3.12. The van der Waals surface area contributed by atoms with Crippen molar-refractivity contribution < 1.29 is 13.2 Å². The third kappa shape index (κ3) is 2.94. The molecule has 0 aliphatic heterocycles. The van der Waals surface area contributed by atoms with Crippen LogP contribution < -0.4 is 0 Å². The van der Waals surface area contributed by atoms with Crippen LogP contribution in [0.2, 0.25) is 0 Å². The van der Waals surface area contributed by atoms with E-state index in [2.05, 4.69) is 20.8 Å². The van der Waals surface area contributed by atoms with Crippen LogP contribution in [0, 0.1) is 5.41 Å². The lowest BCUT2D eigenvalue weighted by molar-refractivity contribution is -0.137. The van der Waals surface area contributed by atoms with Crippen molar-refractivity contribution in [1.82, 2.24) is 4.57 Å². The fourth-order valence-corrected chi connectivity index (χ4v) is 2.36. The molecular formula is C15H18F3N. The van der Waals surface area contributed by atoms with Crippen LogP contribution in [0.1, 0.15) is 31.9 Å². The number of hydrogen-bond donors (Lipinski definition) is 0. The molecule has 1 heterocycles. The summed E-state index contributed by atoms with van der Waals surface area (Å²) in [5, 5.41) is 0.701. The molecule has 0 radical (unpaired) electrons. The maximum absolute atomic E-state index is 12.8. The van der Waals surface area contributed by atoms with Gasteiger partial charge >= 0.3 is 6.18 Å². The fraction of sp³-hybridized carbons (Fsp3) is 0.467. The molecule has 0 unspecified atom stereocenters. The molecule has 19 heavy (non-hydrogen) atoms. The minimum Gasteiger partial charge on any atom is -0.350 e. The van der Waals surface area contributed by atoms with Crippen molar-refractivity contribution in [3.63, 3.8) is 0 Å². The minimum absolute atomic E-state index is 0.0442. The first kappa shape index (κ1) is 14.0. The smallest absolute Gasteiger partial charge is 0.350 e. The number of hydrogen-bond acceptors (Lipinski definition) is 0. The van der Waals surface area contributed by atoms with Gasteiger partial charge in [-0.2, -0.15) is 13.2 Å². The summed E-state index contributed by atoms with van der Waals surface area (Å²) in [4.78, 5) is 0. The summed E-state index contributed by atoms with van der Waals surface area (Å²) in [7, 11) is 1.86. The van der Waals surface area contributed by atoms with Gasteiger partial charge in [0.2, 0.25) is 0 Å². The average Bonchev–Trinajstić information content (AvgIpc) is 2.52. The quantitative estimate of drug-likeness (QED) is 0.701. The highest BCUT2D eigenvalue weighted by molar-refractivity contribution is 5.84. The summed E-state index contributed by atoms with van der Waals surface area (Å²) in [5.74, 6) is 0. The number of halogens is 3. The van der Waals surface area contributed by atoms with E-state index in [1.165, 1.54) is 6.07 Å². The van der Waals surface area contributed by atoms with E-state index in [1.54, 1.807) is 6.07 Å². The Balaban J connectivity index is 2.59. The van der Waals surface area contributed by atoms with E-state index < -0.39 is 11.7 Å². The second kappa shape index (κ2) is 4.29. The molecule has 0 fully saturated rings. The second-order valence-corrected chi connectivity index (χ2v) is 6.23. The molecule has 0 spiro atoms. The summed E-state index contributed by atoms with van der Waals surface area (Å²) < 4.78 is 40.2. The molecule has 0 aliphatic carbocycles. The van der Waals surface area contributed by atoms with E-state index in [4.69, 9.17) is 0 Å². The van der Waals surface area contributed by atoms with Crippen molar-refractivity contribution in [3.8, 4) is 0 Å². The van der Waals surface area contributed by atoms with Crippen molar-refractivity contribution in [2.45, 2.75) is 33.4 Å². The largest absolute Gasteiger partial charge is 0.416 e. The number of rotatable bonds is 1. The Labute approximate surface area is 111 Å². The summed E-state index contributed by atoms with van der Waals surface area (Å²) in [6.45, 7) is 6.25. The van der Waals surface area contributed by atoms with Crippen LogP contribution in [0.25, 0.3) is 10.9 Å². The van der Waals surface area contributed by atoms with Crippen LogP contribution in [0.3, 0.4) is 0 Å². The SMILES string of the molecule is Cn1cc(CC(C)(C)C)c2cc(C(F)(F)F)ccc21. The summed E-state index contributed by atoms with van der Waals surface area (Å²) >= 11 is 0. The van der Waals surface area contributed by atoms with E-state index in [1.807, 2.05) is 17.8 Å². The molecule has 4 heteroatoms. The van der Waals surface area contributed by atoms with Gasteiger partial charge in [0, 0.05) is 24.1 Å². The molecule has 0 saturated carbocycles. The van der Waals surface area contributed by atoms with E-state index in [0.717, 1.165) is 23.6 Å². The zero-order valence-electron chi connectivity index (χ0n) is 11.6. The molecule has 0 N–H and O–H groups in total. The van der Waals surface area contributed by atoms with Crippen molar-refractivity contribution >= 4 is 10.9 Å². The van der Waals surface area contributed by atoms with Gasteiger partial charge in [0.15, 0.2) is 0 Å². The zero-order valence-corrected chi connectivity index (χ0v) is 11.6. The first-order valence-corrected chi connectivity index (χ1v) is 6.23. The predicted octanol–water partition coefficient (Wildman–Crippen LogP) is 4.79. The Hall–Kier alpha value is -1.45. The fourth-order valence-electron chi connectivity index (χ4n) is 2.36. The molecule has 0 saturated heterocycles. The first-order chi connectivity index (χ1) is 8.58. The predicted molar refractivity (Wildman–Crippen MR) is 71.1 cm³/mol. The van der Waals surface area contributed by atoms with E-state index in [0.29, 0.717) is 5.39 Å². The van der Waals surface area contributed by atoms with Gasteiger partial charge in [-0.25, -0.2) is 0 Å². The maximum atomic E-state index is 12.8. The van der Waals surface area contributed by atoms with Crippen molar-refractivity contribution in [1.29, 1.82) is 0 Å². The van der Waals surface area contributed by atoms with E-state index in [9.17, 15) is 13.2 Å². The first-order valence-electron chi connectivity index (χ1n) is 6.23. The maximum Gasteiger partial charge on any atom is 0.416 e. The summed E-state index contributed by atoms with van der Waals surface area (Å²) in [5.41, 5.74) is 1.27. The van der Waals surface area contributed by atoms with Crippen LogP contribution in [0.15, 0.2) is 24.4 Å². The van der Waals surface area contributed by atoms with Crippen molar-refractivity contribution in [3.05, 3.63) is 35.5 Å². The number of fused-ring (bicyclic) bond motifs is 1. The number of benzene rings is 1. The summed E-state index contributed by atoms with van der Waals surface area (Å²) in [6.07, 6.45) is -1.61. The number of alkyl halides is 3. The zero-order chi connectivity index (χ0) is 14.4. The molecule has 104 valence electrons. The standard InChI is InChI=1S/C15H18F3N/c1-14(2,3)8-10-9-19(4)13-6-5-11(7-12(10)13)15(16,17)18/h5-7,9H,8H2,1-4H3. The van der Waals surface area contributed by atoms with Gasteiger partial charge in [0.25, 0.3) is 0 Å². The lowest BCUT2D eigenvalue weighted by Gasteiger charge is -2.17. The molecule has 0 amide bonds. The highest BCUT2D eigenvalue weighted by Gasteiger charge is 2.31. The van der Waals surface area contributed by atoms with Gasteiger partial charge in [0.1, 0.15) is 0 Å². The van der Waals surface area contributed by atoms with Gasteiger partial charge < -0.3 is 4.57 Å². The highest BCUT2D eigenvalue weighted by Crippen LogP contribution is 2.34. The Kier molecular flexibility index (Phi) is 3.15. The van der Waals surface area contributed by atoms with Crippen molar-refractivity contribution in [2.75, 3.05) is 0 Å². The minimum atomic E-state index is -4.29. The Morgan fingerprint density at radius 1 is 1.11 bits per heavy atom. The van der Waals surface area contributed by atoms with Crippen LogP contribution in [-0.2, 0) is 19.6 Å². The molecule has 0 bridgehead atoms. The molecule has 2 aromatic rings. The van der Waals surface area contributed by atoms with E-state index >= 15 is 0 Å². The monoisotopic (exact) mass is 269 g/mol. The lowest BCUT2D eigenvalue weighted by atomic mass is 9.88. The number of nitrogens with zero attached hydrogens (tertiary/aromatic N) is 1. The molecule has 1 aromatic carbocycles. The topological polar surface area (TPSA) is 4.93 Å². The Morgan fingerprint density at radius 3 is 2.26 bits per heavy atom. The molecule has 2 rings (SSSR count). The van der Waals surface area contributed by atoms with Crippen molar-refractivity contribution in [2.24, 2.45) is 12.5 Å². The van der Waals surface area contributed by atoms with Gasteiger partial charge in [0.05, 0.1) is 5.56 Å². The molecule has 1 aromatic heterocycles. The Bertz CT molecular complexity index is 600.